The molecule has 5 fully saturated rings. The molecule has 28 heteroatoms. The number of hydrogen-bond donors (Lipinski definition) is 16. The number of ether oxygens (including phenoxy) is 10. The molecule has 0 unspecified atom stereocenters. The van der Waals surface area contributed by atoms with Gasteiger partial charge in [-0.3, -0.25) is 9.59 Å². The molecule has 5 aliphatic rings. The van der Waals surface area contributed by atoms with Gasteiger partial charge in [0.25, 0.3) is 0 Å². The van der Waals surface area contributed by atoms with Crippen LogP contribution in [0.25, 0.3) is 0 Å². The summed E-state index contributed by atoms with van der Waals surface area (Å²) < 4.78 is 59.0. The molecule has 100 heavy (non-hydrogen) atoms. The number of esters is 2. The van der Waals surface area contributed by atoms with Crippen LogP contribution in [-0.4, -0.2) is 280 Å². The molecule has 5 saturated heterocycles. The lowest BCUT2D eigenvalue weighted by Crippen LogP contribution is -2.60. The van der Waals surface area contributed by atoms with Crippen LogP contribution in [0, 0.1) is 0 Å². The minimum atomic E-state index is -1.77. The molecule has 0 aliphatic carbocycles. The van der Waals surface area contributed by atoms with E-state index in [4.69, 9.17) is 47.4 Å². The van der Waals surface area contributed by atoms with Crippen LogP contribution in [0.15, 0.2) is 0 Å². The van der Waals surface area contributed by atoms with Crippen LogP contribution in [0.5, 0.6) is 0 Å². The van der Waals surface area contributed by atoms with Crippen LogP contribution in [0.3, 0.4) is 0 Å². The van der Waals surface area contributed by atoms with Crippen LogP contribution in [-0.2, 0) is 57.0 Å². The van der Waals surface area contributed by atoms with Gasteiger partial charge in [0.2, 0.25) is 0 Å². The molecule has 28 nitrogen and oxygen atoms in total. The number of cyclic esters (lactones) is 2. The first-order chi connectivity index (χ1) is 48.0. The van der Waals surface area contributed by atoms with E-state index in [1.54, 1.807) is 13.8 Å². The summed E-state index contributed by atoms with van der Waals surface area (Å²) in [4.78, 5) is 27.1. The van der Waals surface area contributed by atoms with Gasteiger partial charge < -0.3 is 129 Å². The van der Waals surface area contributed by atoms with Crippen molar-refractivity contribution < 1.29 is 139 Å². The van der Waals surface area contributed by atoms with Crippen molar-refractivity contribution in [1.82, 2.24) is 0 Å². The second kappa shape index (κ2) is 49.8. The van der Waals surface area contributed by atoms with E-state index in [1.165, 1.54) is 0 Å². The first-order valence-electron chi connectivity index (χ1n) is 38.3. The third kappa shape index (κ3) is 32.2. The number of rotatable bonds is 46. The van der Waals surface area contributed by atoms with Crippen molar-refractivity contribution in [1.29, 1.82) is 0 Å². The van der Waals surface area contributed by atoms with Gasteiger partial charge >= 0.3 is 11.9 Å². The van der Waals surface area contributed by atoms with Crippen molar-refractivity contribution in [2.24, 2.45) is 0 Å². The summed E-state index contributed by atoms with van der Waals surface area (Å²) in [5, 5.41) is 167. The van der Waals surface area contributed by atoms with Gasteiger partial charge in [-0.15, -0.1) is 0 Å². The van der Waals surface area contributed by atoms with Crippen LogP contribution < -0.4 is 0 Å². The minimum Gasteiger partial charge on any atom is -0.463 e. The summed E-state index contributed by atoms with van der Waals surface area (Å²) >= 11 is 0. The van der Waals surface area contributed by atoms with Crippen molar-refractivity contribution in [3.8, 4) is 0 Å². The number of aliphatic hydroxyl groups excluding tert-OH is 16. The number of carbonyl (C=O) groups is 2. The van der Waals surface area contributed by atoms with E-state index < -0.39 is 173 Å². The Morgan fingerprint density at radius 3 is 0.900 bits per heavy atom. The van der Waals surface area contributed by atoms with E-state index in [2.05, 4.69) is 0 Å². The highest BCUT2D eigenvalue weighted by Gasteiger charge is 2.49. The molecule has 0 aromatic carbocycles. The number of unbranched alkanes of at least 4 members (excludes halogenated alkanes) is 24. The average Bonchev–Trinajstić information content (AvgIpc) is 0.833. The molecule has 5 rings (SSSR count). The van der Waals surface area contributed by atoms with Crippen molar-refractivity contribution in [3.63, 3.8) is 0 Å². The highest BCUT2D eigenvalue weighted by Crippen LogP contribution is 2.32. The molecule has 16 N–H and O–H groups in total. The van der Waals surface area contributed by atoms with E-state index in [0.29, 0.717) is 57.8 Å². The largest absolute Gasteiger partial charge is 0.463 e. The van der Waals surface area contributed by atoms with Gasteiger partial charge in [-0.2, -0.15) is 0 Å². The fraction of sp³-hybridized carbons (Fsp3) is 0.972. The van der Waals surface area contributed by atoms with E-state index in [1.807, 2.05) is 0 Å². The summed E-state index contributed by atoms with van der Waals surface area (Å²) in [5.74, 6) is -1.56. The van der Waals surface area contributed by atoms with Gasteiger partial charge in [-0.1, -0.05) is 180 Å². The van der Waals surface area contributed by atoms with Crippen molar-refractivity contribution in [2.75, 3.05) is 26.4 Å². The van der Waals surface area contributed by atoms with E-state index >= 15 is 0 Å². The molecule has 0 saturated carbocycles. The smallest absolute Gasteiger partial charge is 0.308 e. The molecule has 0 amide bonds. The number of fused-ring (bicyclic) bond motifs is 4. The van der Waals surface area contributed by atoms with Gasteiger partial charge in [0, 0.05) is 0 Å². The summed E-state index contributed by atoms with van der Waals surface area (Å²) in [6.45, 7) is 1.36. The standard InChI is InChI=1S/C72H132O28/c1-45(75)31-23-16-15-21-27-35-47(93-69-65(87)61(83)57(79)51(41-73)97-69)33-25-18-12-9-6-10-14-20-29-38-50-40-56(78)92-44-53-59(81)63(85)67(89)71(99-53)95-49(39-55(77)91-43-54-60(82)64(86)68(90)72(96-50)100-54)37-28-19-13-8-5-3-4-7-11-17-26-34-48(36-30-22-24-32-46(2)76)94-70-66(88)62(84)58(80)52(42-74)98-70/h45-54,57-76,79-90H,3-44H2,1-2H3/t45-,46+,47-,48+,49+,50+,51-,52-,53-,54-,57+,58+,59-,60-,61+,62+,63+,64+,65-,66-,67-,68-,69-,70-,71-,72-/m1/s1. The molecule has 0 aromatic rings. The normalized spacial score (nSPS) is 34.7. The van der Waals surface area contributed by atoms with E-state index in [-0.39, 0.29) is 37.3 Å². The van der Waals surface area contributed by atoms with Crippen LogP contribution in [0.4, 0.5) is 0 Å². The Balaban J connectivity index is 1.03. The molecule has 0 radical (unpaired) electrons. The van der Waals surface area contributed by atoms with Crippen molar-refractivity contribution in [2.45, 2.75) is 417 Å². The maximum Gasteiger partial charge on any atom is 0.308 e. The number of aliphatic hydroxyl groups is 16. The van der Waals surface area contributed by atoms with Crippen molar-refractivity contribution >= 4 is 11.9 Å². The Morgan fingerprint density at radius 1 is 0.330 bits per heavy atom. The van der Waals surface area contributed by atoms with Gasteiger partial charge in [0.05, 0.1) is 62.7 Å². The number of carbonyl (C=O) groups excluding carboxylic acids is 2. The Hall–Kier alpha value is -2.02. The third-order valence-electron chi connectivity index (χ3n) is 20.3. The van der Waals surface area contributed by atoms with Gasteiger partial charge in [0.15, 0.2) is 25.2 Å². The van der Waals surface area contributed by atoms with Crippen LogP contribution in [0.1, 0.15) is 258 Å². The fourth-order valence-corrected chi connectivity index (χ4v) is 13.9. The summed E-state index contributed by atoms with van der Waals surface area (Å²) in [6.07, 6.45) is -2.97. The molecule has 26 atom stereocenters. The van der Waals surface area contributed by atoms with Crippen LogP contribution in [0.2, 0.25) is 0 Å². The second-order valence-electron chi connectivity index (χ2n) is 29.1. The molecule has 4 bridgehead atoms. The molecule has 5 heterocycles. The molecule has 5 aliphatic heterocycles. The lowest BCUT2D eigenvalue weighted by molar-refractivity contribution is -0.316. The molecular formula is C72H132O28. The average molecular weight is 1450 g/mol. The zero-order valence-corrected chi connectivity index (χ0v) is 59.8. The molecule has 0 spiro atoms. The summed E-state index contributed by atoms with van der Waals surface area (Å²) in [7, 11) is 0. The maximum atomic E-state index is 13.6. The molecule has 588 valence electrons. The summed E-state index contributed by atoms with van der Waals surface area (Å²) in [6, 6.07) is 0. The molecule has 0 aromatic heterocycles. The Kier molecular flexibility index (Phi) is 44.1. The Morgan fingerprint density at radius 2 is 0.600 bits per heavy atom. The van der Waals surface area contributed by atoms with Gasteiger partial charge in [-0.25, -0.2) is 0 Å². The fourth-order valence-electron chi connectivity index (χ4n) is 13.9. The van der Waals surface area contributed by atoms with E-state index in [9.17, 15) is 91.3 Å². The Bertz CT molecular complexity index is 2100. The SMILES string of the molecule is C[C@H](O)CCCCC[C@H](CCCCCCCCCCCCC[C@H]1CC(=O)OC[C@H]2O[C@@H](O[C@@H](CCCCCCCCCCC[C@H](CCCCCCC[C@@H](C)O)O[C@@H]3O[C@H](CO)[C@H](O)[C@H](O)[C@H]3O)CC(=O)OC[C@H]3O[C@@H](O1)[C@H](O)[C@@H](O)[C@@H]3O)[C@H](O)[C@@H](O)[C@@H]2O)O[C@@H]1O[C@H](CO)[C@H](O)[C@H](O)[C@H]1O. The third-order valence-corrected chi connectivity index (χ3v) is 20.3. The quantitative estimate of drug-likeness (QED) is 0.0307. The second-order valence-corrected chi connectivity index (χ2v) is 29.1. The van der Waals surface area contributed by atoms with Gasteiger partial charge in [-0.05, 0) is 65.2 Å². The highest BCUT2D eigenvalue weighted by atomic mass is 16.7. The first kappa shape index (κ1) is 88.6. The zero-order valence-electron chi connectivity index (χ0n) is 59.8. The first-order valence-corrected chi connectivity index (χ1v) is 38.3. The number of hydrogen-bond acceptors (Lipinski definition) is 28. The zero-order chi connectivity index (χ0) is 72.9. The minimum absolute atomic E-state index is 0.265. The van der Waals surface area contributed by atoms with E-state index in [0.717, 1.165) is 173 Å². The van der Waals surface area contributed by atoms with Crippen LogP contribution >= 0.6 is 0 Å². The topological polar surface area (TPSA) is 450 Å². The summed E-state index contributed by atoms with van der Waals surface area (Å²) in [5.41, 5.74) is 0. The predicted molar refractivity (Wildman–Crippen MR) is 361 cm³/mol. The lowest BCUT2D eigenvalue weighted by atomic mass is 9.98. The van der Waals surface area contributed by atoms with Crippen molar-refractivity contribution in [3.05, 3.63) is 0 Å². The lowest BCUT2D eigenvalue weighted by Gasteiger charge is -2.42. The van der Waals surface area contributed by atoms with Gasteiger partial charge in [0.1, 0.15) is 111 Å². The maximum absolute atomic E-state index is 13.6. The highest BCUT2D eigenvalue weighted by molar-refractivity contribution is 5.70. The molecular weight excluding hydrogens is 1310 g/mol. The monoisotopic (exact) mass is 1440 g/mol. The Labute approximate surface area is 592 Å². The predicted octanol–water partition coefficient (Wildman–Crippen LogP) is 3.43.